The first-order valence-corrected chi connectivity index (χ1v) is 6.84. The van der Waals surface area contributed by atoms with Gasteiger partial charge in [-0.25, -0.2) is 4.98 Å². The lowest BCUT2D eigenvalue weighted by molar-refractivity contribution is -0.384. The van der Waals surface area contributed by atoms with Gasteiger partial charge in [0.25, 0.3) is 11.2 Å². The van der Waals surface area contributed by atoms with Crippen LogP contribution in [0, 0.1) is 17.0 Å². The topological polar surface area (TPSA) is 87.3 Å². The normalized spacial score (nSPS) is 10.7. The highest BCUT2D eigenvalue weighted by Gasteiger charge is 2.17. The number of hydrogen-bond donors (Lipinski definition) is 0. The van der Waals surface area contributed by atoms with Crippen molar-refractivity contribution in [2.75, 3.05) is 7.11 Å². The van der Waals surface area contributed by atoms with Gasteiger partial charge in [-0.3, -0.25) is 19.5 Å². The third-order valence-electron chi connectivity index (χ3n) is 3.56. The lowest BCUT2D eigenvalue weighted by atomic mass is 10.2. The predicted octanol–water partition coefficient (Wildman–Crippen LogP) is 2.61. The lowest BCUT2D eigenvalue weighted by Crippen LogP contribution is -2.22. The first-order chi connectivity index (χ1) is 11.0. The van der Waals surface area contributed by atoms with Crippen molar-refractivity contribution in [3.8, 4) is 11.4 Å². The number of aryl methyl sites for hydroxylation is 1. The molecule has 0 amide bonds. The number of rotatable bonds is 3. The largest absolute Gasteiger partial charge is 0.495 e. The maximum absolute atomic E-state index is 12.8. The molecule has 0 atom stereocenters. The number of non-ortho nitro benzene ring substituents is 1. The summed E-state index contributed by atoms with van der Waals surface area (Å²) in [5.74, 6) is 0.783. The van der Waals surface area contributed by atoms with Crippen molar-refractivity contribution in [1.29, 1.82) is 0 Å². The molecule has 116 valence electrons. The number of nitro groups is 1. The minimum absolute atomic E-state index is 0.125. The van der Waals surface area contributed by atoms with Crippen molar-refractivity contribution in [3.63, 3.8) is 0 Å². The van der Waals surface area contributed by atoms with E-state index in [0.717, 1.165) is 0 Å². The highest BCUT2D eigenvalue weighted by atomic mass is 16.6. The molecule has 23 heavy (non-hydrogen) atoms. The van der Waals surface area contributed by atoms with Crippen molar-refractivity contribution in [3.05, 3.63) is 68.8 Å². The van der Waals surface area contributed by atoms with Crippen molar-refractivity contribution in [2.45, 2.75) is 6.92 Å². The monoisotopic (exact) mass is 311 g/mol. The van der Waals surface area contributed by atoms with E-state index in [1.807, 2.05) is 0 Å². The molecule has 1 heterocycles. The summed E-state index contributed by atoms with van der Waals surface area (Å²) in [5.41, 5.74) is 0.449. The highest BCUT2D eigenvalue weighted by Crippen LogP contribution is 2.27. The van der Waals surface area contributed by atoms with Crippen LogP contribution in [-0.2, 0) is 0 Å². The summed E-state index contributed by atoms with van der Waals surface area (Å²) in [7, 11) is 1.44. The van der Waals surface area contributed by atoms with E-state index in [-0.39, 0.29) is 11.2 Å². The summed E-state index contributed by atoms with van der Waals surface area (Å²) in [6.07, 6.45) is 0. The van der Waals surface area contributed by atoms with E-state index in [9.17, 15) is 14.9 Å². The number of aromatic nitrogens is 2. The van der Waals surface area contributed by atoms with Crippen LogP contribution >= 0.6 is 0 Å². The van der Waals surface area contributed by atoms with Crippen molar-refractivity contribution < 1.29 is 9.66 Å². The Morgan fingerprint density at radius 2 is 1.96 bits per heavy atom. The average molecular weight is 311 g/mol. The smallest absolute Gasteiger partial charge is 0.271 e. The summed E-state index contributed by atoms with van der Waals surface area (Å²) < 4.78 is 6.57. The first-order valence-electron chi connectivity index (χ1n) is 6.84. The van der Waals surface area contributed by atoms with Crippen molar-refractivity contribution in [1.82, 2.24) is 9.55 Å². The van der Waals surface area contributed by atoms with E-state index in [4.69, 9.17) is 4.74 Å². The molecule has 3 rings (SSSR count). The van der Waals surface area contributed by atoms with Crippen LogP contribution in [0.5, 0.6) is 5.75 Å². The minimum atomic E-state index is -0.516. The van der Waals surface area contributed by atoms with Crippen LogP contribution in [0.1, 0.15) is 5.82 Å². The SMILES string of the molecule is COc1ccc([N+](=O)[O-])cc1-n1c(C)nc2ccccc2c1=O. The van der Waals surface area contributed by atoms with E-state index >= 15 is 0 Å². The number of benzene rings is 2. The van der Waals surface area contributed by atoms with Crippen LogP contribution in [0.2, 0.25) is 0 Å². The lowest BCUT2D eigenvalue weighted by Gasteiger charge is -2.14. The number of hydrogen-bond acceptors (Lipinski definition) is 5. The zero-order valence-electron chi connectivity index (χ0n) is 12.5. The maximum atomic E-state index is 12.8. The van der Waals surface area contributed by atoms with Crippen molar-refractivity contribution in [2.24, 2.45) is 0 Å². The van der Waals surface area contributed by atoms with E-state index in [1.165, 1.54) is 29.9 Å². The quantitative estimate of drug-likeness (QED) is 0.548. The van der Waals surface area contributed by atoms with Gasteiger partial charge in [0.05, 0.1) is 28.6 Å². The number of nitrogens with zero attached hydrogens (tertiary/aromatic N) is 3. The molecule has 0 N–H and O–H groups in total. The van der Waals surface area contributed by atoms with Crippen LogP contribution in [0.15, 0.2) is 47.3 Å². The second-order valence-electron chi connectivity index (χ2n) is 4.93. The molecule has 3 aromatic rings. The molecule has 0 aliphatic heterocycles. The number of para-hydroxylation sites is 1. The third kappa shape index (κ3) is 2.42. The van der Waals surface area contributed by atoms with Gasteiger partial charge >= 0.3 is 0 Å². The molecule has 0 saturated heterocycles. The fourth-order valence-corrected chi connectivity index (χ4v) is 2.49. The van der Waals surface area contributed by atoms with Crippen LogP contribution in [0.4, 0.5) is 5.69 Å². The van der Waals surface area contributed by atoms with Gasteiger partial charge in [0.1, 0.15) is 11.6 Å². The average Bonchev–Trinajstić information content (AvgIpc) is 2.54. The standard InChI is InChI=1S/C16H13N3O4/c1-10-17-13-6-4-3-5-12(13)16(20)18(10)14-9-11(19(21)22)7-8-15(14)23-2/h3-9H,1-2H3. The Morgan fingerprint density at radius 3 is 2.65 bits per heavy atom. The molecule has 0 fully saturated rings. The minimum Gasteiger partial charge on any atom is -0.495 e. The summed E-state index contributed by atoms with van der Waals surface area (Å²) in [5, 5.41) is 11.5. The van der Waals surface area contributed by atoms with Gasteiger partial charge in [0.15, 0.2) is 0 Å². The number of nitro benzene ring substituents is 1. The Kier molecular flexibility index (Phi) is 3.53. The molecule has 1 aromatic heterocycles. The van der Waals surface area contributed by atoms with Gasteiger partial charge < -0.3 is 4.74 Å². The van der Waals surface area contributed by atoms with Gasteiger partial charge in [0.2, 0.25) is 0 Å². The molecule has 0 aliphatic rings. The van der Waals surface area contributed by atoms with Crippen LogP contribution in [0.25, 0.3) is 16.6 Å². The Balaban J connectivity index is 2.38. The summed E-state index contributed by atoms with van der Waals surface area (Å²) in [6, 6.07) is 11.1. The Bertz CT molecular complexity index is 979. The van der Waals surface area contributed by atoms with E-state index < -0.39 is 4.92 Å². The molecule has 0 unspecified atom stereocenters. The van der Waals surface area contributed by atoms with Crippen molar-refractivity contribution >= 4 is 16.6 Å². The molecule has 0 aliphatic carbocycles. The third-order valence-corrected chi connectivity index (χ3v) is 3.56. The first kappa shape index (κ1) is 14.7. The second kappa shape index (κ2) is 5.53. The number of methoxy groups -OCH3 is 1. The highest BCUT2D eigenvalue weighted by molar-refractivity contribution is 5.78. The number of fused-ring (bicyclic) bond motifs is 1. The molecule has 7 nitrogen and oxygen atoms in total. The number of ether oxygens (including phenoxy) is 1. The molecular weight excluding hydrogens is 298 g/mol. The fraction of sp³-hybridized carbons (Fsp3) is 0.125. The van der Waals surface area contributed by atoms with Crippen LogP contribution in [0.3, 0.4) is 0 Å². The Morgan fingerprint density at radius 1 is 1.22 bits per heavy atom. The van der Waals surface area contributed by atoms with E-state index in [2.05, 4.69) is 4.98 Å². The Hall–Kier alpha value is -3.22. The summed E-state index contributed by atoms with van der Waals surface area (Å²) in [4.78, 5) is 27.7. The van der Waals surface area contributed by atoms with Gasteiger partial charge in [-0.15, -0.1) is 0 Å². The van der Waals surface area contributed by atoms with E-state index in [1.54, 1.807) is 31.2 Å². The van der Waals surface area contributed by atoms with Gasteiger partial charge in [-0.1, -0.05) is 12.1 Å². The van der Waals surface area contributed by atoms with Crippen LogP contribution < -0.4 is 10.3 Å². The summed E-state index contributed by atoms with van der Waals surface area (Å²) >= 11 is 0. The maximum Gasteiger partial charge on any atom is 0.271 e. The zero-order valence-corrected chi connectivity index (χ0v) is 12.5. The molecule has 0 bridgehead atoms. The van der Waals surface area contributed by atoms with Gasteiger partial charge in [0, 0.05) is 12.1 Å². The van der Waals surface area contributed by atoms with Gasteiger partial charge in [-0.2, -0.15) is 0 Å². The Labute approximate surface area is 130 Å². The molecular formula is C16H13N3O4. The molecule has 7 heteroatoms. The molecule has 0 radical (unpaired) electrons. The zero-order chi connectivity index (χ0) is 16.6. The van der Waals surface area contributed by atoms with Crippen LogP contribution in [-0.4, -0.2) is 21.6 Å². The summed E-state index contributed by atoms with van der Waals surface area (Å²) in [6.45, 7) is 1.67. The molecule has 0 spiro atoms. The molecule has 2 aromatic carbocycles. The predicted molar refractivity (Wildman–Crippen MR) is 85.3 cm³/mol. The van der Waals surface area contributed by atoms with E-state index in [0.29, 0.717) is 28.2 Å². The van der Waals surface area contributed by atoms with Gasteiger partial charge in [-0.05, 0) is 25.1 Å². The fourth-order valence-electron chi connectivity index (χ4n) is 2.49. The molecule has 0 saturated carbocycles. The second-order valence-corrected chi connectivity index (χ2v) is 4.93.